The van der Waals surface area contributed by atoms with Crippen molar-refractivity contribution >= 4 is 17.3 Å². The molecule has 0 aromatic heterocycles. The highest BCUT2D eigenvalue weighted by Crippen LogP contribution is 2.34. The number of oxime groups is 1. The minimum absolute atomic E-state index is 0.112. The summed E-state index contributed by atoms with van der Waals surface area (Å²) in [6.07, 6.45) is 2.95. The molecule has 0 bridgehead atoms. The SMILES string of the molecule is Cc1cc(/C(CCCN(C)C)=N\O)cc(C)c1N1CC(Cc2ccccc2F)CC(C)C1=O. The number of amides is 1. The van der Waals surface area contributed by atoms with Gasteiger partial charge >= 0.3 is 0 Å². The van der Waals surface area contributed by atoms with E-state index in [1.165, 1.54) is 6.07 Å². The van der Waals surface area contributed by atoms with Gasteiger partial charge in [-0.3, -0.25) is 4.79 Å². The van der Waals surface area contributed by atoms with Crippen molar-refractivity contribution in [3.63, 3.8) is 0 Å². The third kappa shape index (κ3) is 5.99. The average Bonchev–Trinajstić information content (AvgIpc) is 2.75. The summed E-state index contributed by atoms with van der Waals surface area (Å²) in [6.45, 7) is 7.45. The van der Waals surface area contributed by atoms with Crippen molar-refractivity contribution in [2.24, 2.45) is 17.0 Å². The standard InChI is InChI=1S/C27H36FN3O2/c1-18-14-23(25(29-33)11-8-12-30(4)5)15-19(2)26(18)31-17-21(13-20(3)27(31)32)16-22-9-6-7-10-24(22)28/h6-7,9-10,14-15,20-21,33H,8,11-13,16-17H2,1-5H3/b29-25-. The van der Waals surface area contributed by atoms with Crippen molar-refractivity contribution in [1.82, 2.24) is 4.90 Å². The molecule has 1 saturated heterocycles. The highest BCUT2D eigenvalue weighted by Gasteiger charge is 2.34. The van der Waals surface area contributed by atoms with Crippen LogP contribution in [0.15, 0.2) is 41.6 Å². The number of nitrogens with zero attached hydrogens (tertiary/aromatic N) is 3. The van der Waals surface area contributed by atoms with E-state index in [0.29, 0.717) is 30.7 Å². The van der Waals surface area contributed by atoms with Gasteiger partial charge in [-0.25, -0.2) is 4.39 Å². The lowest BCUT2D eigenvalue weighted by Gasteiger charge is -2.38. The van der Waals surface area contributed by atoms with Crippen LogP contribution < -0.4 is 4.90 Å². The molecule has 1 aliphatic heterocycles. The molecule has 0 aliphatic carbocycles. The van der Waals surface area contributed by atoms with Gasteiger partial charge < -0.3 is 15.0 Å². The van der Waals surface area contributed by atoms with Gasteiger partial charge in [0.2, 0.25) is 5.91 Å². The van der Waals surface area contributed by atoms with Crippen LogP contribution in [-0.2, 0) is 11.2 Å². The number of carbonyl (C=O) groups is 1. The molecule has 1 aliphatic rings. The number of carbonyl (C=O) groups excluding carboxylic acids is 1. The number of rotatable bonds is 8. The number of hydrogen-bond donors (Lipinski definition) is 1. The Morgan fingerprint density at radius 2 is 1.88 bits per heavy atom. The third-order valence-corrected chi connectivity index (χ3v) is 6.52. The van der Waals surface area contributed by atoms with Gasteiger partial charge in [0.25, 0.3) is 0 Å². The Balaban J connectivity index is 1.84. The fraction of sp³-hybridized carbons (Fsp3) is 0.481. The van der Waals surface area contributed by atoms with E-state index in [-0.39, 0.29) is 23.6 Å². The molecular weight excluding hydrogens is 417 g/mol. The van der Waals surface area contributed by atoms with Gasteiger partial charge in [0.15, 0.2) is 0 Å². The van der Waals surface area contributed by atoms with Crippen LogP contribution in [0.4, 0.5) is 10.1 Å². The number of benzene rings is 2. The van der Waals surface area contributed by atoms with E-state index in [4.69, 9.17) is 0 Å². The maximum atomic E-state index is 14.2. The quantitative estimate of drug-likeness (QED) is 0.340. The predicted octanol–water partition coefficient (Wildman–Crippen LogP) is 5.19. The van der Waals surface area contributed by atoms with Gasteiger partial charge in [0.1, 0.15) is 5.82 Å². The maximum Gasteiger partial charge on any atom is 0.229 e. The first-order chi connectivity index (χ1) is 15.7. The molecule has 178 valence electrons. The Morgan fingerprint density at radius 3 is 2.48 bits per heavy atom. The second kappa shape index (κ2) is 10.9. The van der Waals surface area contributed by atoms with E-state index >= 15 is 0 Å². The molecule has 0 saturated carbocycles. The van der Waals surface area contributed by atoms with Crippen LogP contribution in [0, 0.1) is 31.5 Å². The molecule has 5 nitrogen and oxygen atoms in total. The zero-order valence-electron chi connectivity index (χ0n) is 20.4. The fourth-order valence-electron chi connectivity index (χ4n) is 4.98. The summed E-state index contributed by atoms with van der Waals surface area (Å²) in [5.74, 6) is -0.000515. The van der Waals surface area contributed by atoms with E-state index in [2.05, 4.69) is 10.1 Å². The van der Waals surface area contributed by atoms with E-state index in [0.717, 1.165) is 41.8 Å². The van der Waals surface area contributed by atoms with Crippen LogP contribution in [0.25, 0.3) is 0 Å². The lowest BCUT2D eigenvalue weighted by Crippen LogP contribution is -2.46. The Kier molecular flexibility index (Phi) is 8.25. The highest BCUT2D eigenvalue weighted by atomic mass is 19.1. The van der Waals surface area contributed by atoms with E-state index in [1.807, 2.05) is 64.0 Å². The Morgan fingerprint density at radius 1 is 1.21 bits per heavy atom. The molecule has 2 unspecified atom stereocenters. The molecule has 1 amide bonds. The number of hydrogen-bond acceptors (Lipinski definition) is 4. The first-order valence-electron chi connectivity index (χ1n) is 11.7. The summed E-state index contributed by atoms with van der Waals surface area (Å²) >= 11 is 0. The first-order valence-corrected chi connectivity index (χ1v) is 11.7. The predicted molar refractivity (Wildman–Crippen MR) is 132 cm³/mol. The van der Waals surface area contributed by atoms with E-state index in [9.17, 15) is 14.4 Å². The minimum Gasteiger partial charge on any atom is -0.411 e. The van der Waals surface area contributed by atoms with Crippen molar-refractivity contribution in [1.29, 1.82) is 0 Å². The van der Waals surface area contributed by atoms with Gasteiger partial charge in [-0.1, -0.05) is 30.3 Å². The van der Waals surface area contributed by atoms with Crippen LogP contribution in [0.5, 0.6) is 0 Å². The van der Waals surface area contributed by atoms with Gasteiger partial charge in [-0.05, 0) is 107 Å². The van der Waals surface area contributed by atoms with E-state index < -0.39 is 0 Å². The van der Waals surface area contributed by atoms with Gasteiger partial charge in [-0.15, -0.1) is 0 Å². The molecule has 1 heterocycles. The summed E-state index contributed by atoms with van der Waals surface area (Å²) in [6, 6.07) is 10.9. The summed E-state index contributed by atoms with van der Waals surface area (Å²) in [5.41, 5.74) is 5.12. The van der Waals surface area contributed by atoms with Gasteiger partial charge in [0.05, 0.1) is 5.71 Å². The van der Waals surface area contributed by atoms with Crippen LogP contribution in [-0.4, -0.2) is 48.9 Å². The second-order valence-corrected chi connectivity index (χ2v) is 9.66. The van der Waals surface area contributed by atoms with Crippen molar-refractivity contribution in [3.8, 4) is 0 Å². The molecule has 1 N–H and O–H groups in total. The van der Waals surface area contributed by atoms with Crippen LogP contribution in [0.1, 0.15) is 48.4 Å². The average molecular weight is 454 g/mol. The molecule has 3 rings (SSSR count). The highest BCUT2D eigenvalue weighted by molar-refractivity contribution is 6.02. The lowest BCUT2D eigenvalue weighted by atomic mass is 9.84. The minimum atomic E-state index is -0.185. The molecule has 0 radical (unpaired) electrons. The molecule has 6 heteroatoms. The van der Waals surface area contributed by atoms with Crippen LogP contribution >= 0.6 is 0 Å². The third-order valence-electron chi connectivity index (χ3n) is 6.52. The summed E-state index contributed by atoms with van der Waals surface area (Å²) < 4.78 is 14.2. The smallest absolute Gasteiger partial charge is 0.229 e. The Labute approximate surface area is 196 Å². The molecule has 0 spiro atoms. The molecule has 2 atom stereocenters. The van der Waals surface area contributed by atoms with Crippen molar-refractivity contribution < 1.29 is 14.4 Å². The second-order valence-electron chi connectivity index (χ2n) is 9.66. The normalized spacial score (nSPS) is 19.4. The summed E-state index contributed by atoms with van der Waals surface area (Å²) in [4.78, 5) is 17.2. The number of aryl methyl sites for hydroxylation is 2. The van der Waals surface area contributed by atoms with Crippen LogP contribution in [0.2, 0.25) is 0 Å². The lowest BCUT2D eigenvalue weighted by molar-refractivity contribution is -0.124. The Hall–Kier alpha value is -2.73. The fourth-order valence-corrected chi connectivity index (χ4v) is 4.98. The van der Waals surface area contributed by atoms with E-state index in [1.54, 1.807) is 6.07 Å². The summed E-state index contributed by atoms with van der Waals surface area (Å²) in [7, 11) is 4.05. The Bertz CT molecular complexity index is 995. The van der Waals surface area contributed by atoms with Gasteiger partial charge in [-0.2, -0.15) is 0 Å². The van der Waals surface area contributed by atoms with Crippen LogP contribution in [0.3, 0.4) is 0 Å². The maximum absolute atomic E-state index is 14.2. The zero-order chi connectivity index (χ0) is 24.1. The molecule has 2 aromatic rings. The largest absolute Gasteiger partial charge is 0.411 e. The van der Waals surface area contributed by atoms with Crippen molar-refractivity contribution in [3.05, 3.63) is 64.5 Å². The monoisotopic (exact) mass is 453 g/mol. The zero-order valence-corrected chi connectivity index (χ0v) is 20.4. The molecular formula is C27H36FN3O2. The topological polar surface area (TPSA) is 56.1 Å². The summed E-state index contributed by atoms with van der Waals surface area (Å²) in [5, 5.41) is 13.2. The van der Waals surface area contributed by atoms with Crippen molar-refractivity contribution in [2.75, 3.05) is 32.1 Å². The molecule has 1 fully saturated rings. The number of halogens is 1. The number of anilines is 1. The van der Waals surface area contributed by atoms with Crippen molar-refractivity contribution in [2.45, 2.75) is 46.5 Å². The number of piperidine rings is 1. The first kappa shape index (κ1) is 24.9. The van der Waals surface area contributed by atoms with Gasteiger partial charge in [0, 0.05) is 18.2 Å². The molecule has 33 heavy (non-hydrogen) atoms. The molecule has 2 aromatic carbocycles.